The Morgan fingerprint density at radius 1 is 1.80 bits per heavy atom. The first-order chi connectivity index (χ1) is 4.54. The molecule has 0 amide bonds. The average Bonchev–Trinajstić information content (AvgIpc) is 1.85. The second kappa shape index (κ2) is 9.20. The van der Waals surface area contributed by atoms with Crippen molar-refractivity contribution in [3.8, 4) is 0 Å². The summed E-state index contributed by atoms with van der Waals surface area (Å²) in [7, 11) is 0. The molecule has 0 fully saturated rings. The van der Waals surface area contributed by atoms with Crippen molar-refractivity contribution >= 4 is 33.5 Å². The monoisotopic (exact) mass is 232 g/mol. The molecular formula is C5H10BrClO3. The van der Waals surface area contributed by atoms with Crippen molar-refractivity contribution < 1.29 is 15.0 Å². The maximum absolute atomic E-state index is 9.00. The summed E-state index contributed by atoms with van der Waals surface area (Å²) < 4.78 is 0. The lowest BCUT2D eigenvalue weighted by Crippen LogP contribution is -2.08. The maximum Gasteiger partial charge on any atom is 0.300 e. The van der Waals surface area contributed by atoms with E-state index in [4.69, 9.17) is 26.6 Å². The molecule has 0 aliphatic carbocycles. The van der Waals surface area contributed by atoms with Gasteiger partial charge in [-0.3, -0.25) is 4.79 Å². The first-order valence-electron chi connectivity index (χ1n) is 2.54. The highest BCUT2D eigenvalue weighted by Gasteiger charge is 1.94. The van der Waals surface area contributed by atoms with Crippen LogP contribution in [0.25, 0.3) is 0 Å². The summed E-state index contributed by atoms with van der Waals surface area (Å²) in [5, 5.41) is 16.5. The number of aliphatic hydroxyl groups is 1. The van der Waals surface area contributed by atoms with Crippen molar-refractivity contribution in [2.24, 2.45) is 0 Å². The number of aliphatic hydroxyl groups excluding tert-OH is 1. The van der Waals surface area contributed by atoms with E-state index < -0.39 is 5.97 Å². The van der Waals surface area contributed by atoms with Gasteiger partial charge in [-0.05, 0) is 0 Å². The molecule has 0 bridgehead atoms. The van der Waals surface area contributed by atoms with E-state index in [0.717, 1.165) is 6.92 Å². The van der Waals surface area contributed by atoms with Crippen LogP contribution in [0.5, 0.6) is 0 Å². The van der Waals surface area contributed by atoms with Gasteiger partial charge in [0, 0.05) is 18.1 Å². The van der Waals surface area contributed by atoms with Crippen LogP contribution in [0.1, 0.15) is 6.92 Å². The Balaban J connectivity index is 0. The molecule has 0 radical (unpaired) electrons. The van der Waals surface area contributed by atoms with Crippen molar-refractivity contribution in [1.82, 2.24) is 0 Å². The summed E-state index contributed by atoms with van der Waals surface area (Å²) in [4.78, 5) is 9.00. The molecule has 0 spiro atoms. The van der Waals surface area contributed by atoms with Gasteiger partial charge >= 0.3 is 0 Å². The predicted molar refractivity (Wildman–Crippen MR) is 43.8 cm³/mol. The SMILES string of the molecule is CC(=O)O.O[C@@H](CCl)CBr. The summed E-state index contributed by atoms with van der Waals surface area (Å²) in [5.41, 5.74) is 0. The molecule has 0 aliphatic rings. The minimum absolute atomic E-state index is 0.311. The molecule has 0 aliphatic heterocycles. The van der Waals surface area contributed by atoms with Crippen LogP contribution in [0.15, 0.2) is 0 Å². The fourth-order valence-electron chi connectivity index (χ4n) is 0.0412. The molecule has 62 valence electrons. The summed E-state index contributed by atoms with van der Waals surface area (Å²) in [6, 6.07) is 0. The number of halogens is 2. The van der Waals surface area contributed by atoms with E-state index in [9.17, 15) is 0 Å². The highest BCUT2D eigenvalue weighted by molar-refractivity contribution is 9.09. The highest BCUT2D eigenvalue weighted by Crippen LogP contribution is 1.90. The van der Waals surface area contributed by atoms with E-state index in [1.165, 1.54) is 0 Å². The molecular weight excluding hydrogens is 223 g/mol. The van der Waals surface area contributed by atoms with Crippen LogP contribution in [0.2, 0.25) is 0 Å². The Bertz CT molecular complexity index is 81.0. The van der Waals surface area contributed by atoms with E-state index in [0.29, 0.717) is 11.2 Å². The van der Waals surface area contributed by atoms with Crippen molar-refractivity contribution in [1.29, 1.82) is 0 Å². The Hall–Kier alpha value is 0.200. The molecule has 3 nitrogen and oxygen atoms in total. The third-order valence-corrected chi connectivity index (χ3v) is 1.46. The van der Waals surface area contributed by atoms with Gasteiger partial charge in [-0.15, -0.1) is 11.6 Å². The summed E-state index contributed by atoms with van der Waals surface area (Å²) in [6.07, 6.45) is -0.383. The van der Waals surface area contributed by atoms with Crippen LogP contribution in [0.3, 0.4) is 0 Å². The maximum atomic E-state index is 9.00. The van der Waals surface area contributed by atoms with E-state index in [1.54, 1.807) is 0 Å². The second-order valence-electron chi connectivity index (χ2n) is 1.48. The largest absolute Gasteiger partial charge is 0.481 e. The highest BCUT2D eigenvalue weighted by atomic mass is 79.9. The lowest BCUT2D eigenvalue weighted by atomic mass is 10.5. The van der Waals surface area contributed by atoms with Gasteiger partial charge < -0.3 is 10.2 Å². The van der Waals surface area contributed by atoms with Crippen molar-refractivity contribution in [2.75, 3.05) is 11.2 Å². The molecule has 0 saturated carbocycles. The van der Waals surface area contributed by atoms with Crippen LogP contribution in [-0.2, 0) is 4.79 Å². The molecule has 0 rings (SSSR count). The Morgan fingerprint density at radius 3 is 2.10 bits per heavy atom. The topological polar surface area (TPSA) is 57.5 Å². The van der Waals surface area contributed by atoms with Gasteiger partial charge in [0.15, 0.2) is 0 Å². The van der Waals surface area contributed by atoms with Gasteiger partial charge in [0.2, 0.25) is 0 Å². The first kappa shape index (κ1) is 12.8. The molecule has 0 unspecified atom stereocenters. The third kappa shape index (κ3) is 24.1. The average molecular weight is 233 g/mol. The molecule has 2 N–H and O–H groups in total. The lowest BCUT2D eigenvalue weighted by Gasteiger charge is -1.95. The number of alkyl halides is 2. The number of hydrogen-bond donors (Lipinski definition) is 2. The summed E-state index contributed by atoms with van der Waals surface area (Å²) in [5.74, 6) is -0.523. The van der Waals surface area contributed by atoms with Gasteiger partial charge in [-0.25, -0.2) is 0 Å². The fourth-order valence-corrected chi connectivity index (χ4v) is 0.643. The van der Waals surface area contributed by atoms with Crippen molar-refractivity contribution in [3.05, 3.63) is 0 Å². The van der Waals surface area contributed by atoms with E-state index in [1.807, 2.05) is 0 Å². The number of carboxylic acids is 1. The molecule has 5 heteroatoms. The zero-order valence-corrected chi connectivity index (χ0v) is 7.89. The van der Waals surface area contributed by atoms with E-state index in [-0.39, 0.29) is 6.10 Å². The van der Waals surface area contributed by atoms with E-state index >= 15 is 0 Å². The normalized spacial score (nSPS) is 11.2. The zero-order valence-electron chi connectivity index (χ0n) is 5.55. The van der Waals surface area contributed by atoms with Gasteiger partial charge in [0.25, 0.3) is 5.97 Å². The fraction of sp³-hybridized carbons (Fsp3) is 0.800. The van der Waals surface area contributed by atoms with Gasteiger partial charge in [-0.2, -0.15) is 0 Å². The smallest absolute Gasteiger partial charge is 0.300 e. The second-order valence-corrected chi connectivity index (χ2v) is 2.44. The molecule has 10 heavy (non-hydrogen) atoms. The Morgan fingerprint density at radius 2 is 2.10 bits per heavy atom. The molecule has 0 aromatic heterocycles. The van der Waals surface area contributed by atoms with Crippen LogP contribution in [0.4, 0.5) is 0 Å². The quantitative estimate of drug-likeness (QED) is 0.702. The van der Waals surface area contributed by atoms with Crippen LogP contribution in [-0.4, -0.2) is 33.5 Å². The number of rotatable bonds is 2. The number of carboxylic acid groups (broad SMARTS) is 1. The van der Waals surface area contributed by atoms with Gasteiger partial charge in [-0.1, -0.05) is 15.9 Å². The molecule has 0 aromatic rings. The molecule has 1 atom stereocenters. The zero-order chi connectivity index (χ0) is 8.57. The van der Waals surface area contributed by atoms with Crippen LogP contribution < -0.4 is 0 Å². The van der Waals surface area contributed by atoms with Crippen LogP contribution in [0, 0.1) is 0 Å². The first-order valence-corrected chi connectivity index (χ1v) is 4.19. The van der Waals surface area contributed by atoms with Crippen molar-refractivity contribution in [2.45, 2.75) is 13.0 Å². The number of hydrogen-bond acceptors (Lipinski definition) is 2. The summed E-state index contributed by atoms with van der Waals surface area (Å²) >= 11 is 8.21. The van der Waals surface area contributed by atoms with Gasteiger partial charge in [0.1, 0.15) is 0 Å². The standard InChI is InChI=1S/C3H6BrClO.C2H4O2/c4-1-3(6)2-5;1-2(3)4/h3,6H,1-2H2;1H3,(H,3,4)/t3-;/m1./s1. The van der Waals surface area contributed by atoms with Crippen molar-refractivity contribution in [3.63, 3.8) is 0 Å². The summed E-state index contributed by atoms with van der Waals surface area (Å²) in [6.45, 7) is 1.08. The number of carbonyl (C=O) groups is 1. The van der Waals surface area contributed by atoms with Gasteiger partial charge in [0.05, 0.1) is 6.10 Å². The molecule has 0 heterocycles. The third-order valence-electron chi connectivity index (χ3n) is 0.356. The molecule has 0 saturated heterocycles. The number of aliphatic carboxylic acids is 1. The molecule has 0 aromatic carbocycles. The van der Waals surface area contributed by atoms with E-state index in [2.05, 4.69) is 15.9 Å². The Labute approximate surface area is 73.1 Å². The Kier molecular flexibility index (Phi) is 11.8. The predicted octanol–water partition coefficient (Wildman–Crippen LogP) is 1.07. The minimum atomic E-state index is -0.833. The minimum Gasteiger partial charge on any atom is -0.481 e. The lowest BCUT2D eigenvalue weighted by molar-refractivity contribution is -0.134. The van der Waals surface area contributed by atoms with Crippen LogP contribution >= 0.6 is 27.5 Å².